The minimum Gasteiger partial charge on any atom is -0.481 e. The van der Waals surface area contributed by atoms with Crippen LogP contribution < -0.4 is 0 Å². The second-order valence-electron chi connectivity index (χ2n) is 5.86. The molecule has 2 heterocycles. The van der Waals surface area contributed by atoms with Crippen molar-refractivity contribution in [3.05, 3.63) is 11.7 Å². The fourth-order valence-electron chi connectivity index (χ4n) is 2.53. The average molecular weight is 281 g/mol. The zero-order valence-electron chi connectivity index (χ0n) is 12.2. The van der Waals surface area contributed by atoms with E-state index in [4.69, 9.17) is 9.63 Å². The van der Waals surface area contributed by atoms with Gasteiger partial charge in [-0.25, -0.2) is 0 Å². The maximum Gasteiger partial charge on any atom is 0.303 e. The molecule has 6 nitrogen and oxygen atoms in total. The molecule has 0 atom stereocenters. The van der Waals surface area contributed by atoms with Crippen LogP contribution in [0.4, 0.5) is 0 Å². The molecular formula is C14H23N3O3. The van der Waals surface area contributed by atoms with Crippen molar-refractivity contribution in [2.75, 3.05) is 13.1 Å². The SMILES string of the molecule is CC(C)c1nc(CN2CCC(CCC(=O)O)CC2)no1. The lowest BCUT2D eigenvalue weighted by molar-refractivity contribution is -0.137. The highest BCUT2D eigenvalue weighted by molar-refractivity contribution is 5.66. The summed E-state index contributed by atoms with van der Waals surface area (Å²) in [5.74, 6) is 1.55. The zero-order chi connectivity index (χ0) is 14.5. The van der Waals surface area contributed by atoms with E-state index < -0.39 is 5.97 Å². The number of rotatable bonds is 6. The number of hydrogen-bond acceptors (Lipinski definition) is 5. The molecule has 1 saturated heterocycles. The van der Waals surface area contributed by atoms with Crippen molar-refractivity contribution >= 4 is 5.97 Å². The number of piperidine rings is 1. The summed E-state index contributed by atoms with van der Waals surface area (Å²) < 4.78 is 5.20. The third kappa shape index (κ3) is 4.30. The molecule has 1 aromatic heterocycles. The Hall–Kier alpha value is -1.43. The van der Waals surface area contributed by atoms with Crippen LogP contribution in [0.1, 0.15) is 57.2 Å². The van der Waals surface area contributed by atoms with Crippen LogP contribution in [-0.2, 0) is 11.3 Å². The molecule has 1 aromatic rings. The van der Waals surface area contributed by atoms with Crippen LogP contribution in [-0.4, -0.2) is 39.2 Å². The molecule has 0 radical (unpaired) electrons. The van der Waals surface area contributed by atoms with E-state index in [2.05, 4.69) is 15.0 Å². The second-order valence-corrected chi connectivity index (χ2v) is 5.86. The molecule has 1 aliphatic rings. The number of carboxylic acids is 1. The van der Waals surface area contributed by atoms with Gasteiger partial charge >= 0.3 is 5.97 Å². The summed E-state index contributed by atoms with van der Waals surface area (Å²) in [5.41, 5.74) is 0. The highest BCUT2D eigenvalue weighted by Crippen LogP contribution is 2.23. The Morgan fingerprint density at radius 1 is 1.45 bits per heavy atom. The molecule has 0 amide bonds. The Bertz CT molecular complexity index is 437. The minimum atomic E-state index is -0.694. The first-order chi connectivity index (χ1) is 9.54. The molecule has 2 rings (SSSR count). The number of carbonyl (C=O) groups is 1. The van der Waals surface area contributed by atoms with E-state index in [0.717, 1.165) is 44.7 Å². The molecule has 1 N–H and O–H groups in total. The number of nitrogens with zero attached hydrogens (tertiary/aromatic N) is 3. The molecule has 112 valence electrons. The second kappa shape index (κ2) is 6.83. The standard InChI is InChI=1S/C14H23N3O3/c1-10(2)14-15-12(16-20-14)9-17-7-5-11(6-8-17)3-4-13(18)19/h10-11H,3-9H2,1-2H3,(H,18,19). The molecule has 0 aliphatic carbocycles. The molecule has 0 aromatic carbocycles. The van der Waals surface area contributed by atoms with Crippen LogP contribution in [0.3, 0.4) is 0 Å². The van der Waals surface area contributed by atoms with Crippen LogP contribution in [0.5, 0.6) is 0 Å². The third-order valence-corrected chi connectivity index (χ3v) is 3.82. The van der Waals surface area contributed by atoms with Crippen molar-refractivity contribution < 1.29 is 14.4 Å². The van der Waals surface area contributed by atoms with E-state index in [1.54, 1.807) is 0 Å². The summed E-state index contributed by atoms with van der Waals surface area (Å²) in [4.78, 5) is 17.3. The van der Waals surface area contributed by atoms with Crippen molar-refractivity contribution in [1.82, 2.24) is 15.0 Å². The van der Waals surface area contributed by atoms with Gasteiger partial charge in [-0.2, -0.15) is 4.98 Å². The van der Waals surface area contributed by atoms with Crippen LogP contribution >= 0.6 is 0 Å². The predicted molar refractivity (Wildman–Crippen MR) is 73.3 cm³/mol. The number of aliphatic carboxylic acids is 1. The summed E-state index contributed by atoms with van der Waals surface area (Å²) in [6.07, 6.45) is 3.19. The van der Waals surface area contributed by atoms with Crippen LogP contribution in [0.25, 0.3) is 0 Å². The Kier molecular flexibility index (Phi) is 5.11. The van der Waals surface area contributed by atoms with Crippen molar-refractivity contribution in [3.8, 4) is 0 Å². The lowest BCUT2D eigenvalue weighted by atomic mass is 9.92. The van der Waals surface area contributed by atoms with Gasteiger partial charge in [-0.1, -0.05) is 19.0 Å². The molecule has 0 bridgehead atoms. The number of hydrogen-bond donors (Lipinski definition) is 1. The van der Waals surface area contributed by atoms with E-state index >= 15 is 0 Å². The Balaban J connectivity index is 1.74. The lowest BCUT2D eigenvalue weighted by Gasteiger charge is -2.30. The lowest BCUT2D eigenvalue weighted by Crippen LogP contribution is -2.33. The van der Waals surface area contributed by atoms with Gasteiger partial charge in [0.2, 0.25) is 5.89 Å². The normalized spacial score (nSPS) is 17.8. The van der Waals surface area contributed by atoms with Gasteiger partial charge in [0.1, 0.15) is 0 Å². The van der Waals surface area contributed by atoms with E-state index in [1.807, 2.05) is 13.8 Å². The van der Waals surface area contributed by atoms with Crippen molar-refractivity contribution in [3.63, 3.8) is 0 Å². The van der Waals surface area contributed by atoms with Crippen molar-refractivity contribution in [1.29, 1.82) is 0 Å². The molecule has 1 aliphatic heterocycles. The molecular weight excluding hydrogens is 258 g/mol. The average Bonchev–Trinajstić information content (AvgIpc) is 2.86. The van der Waals surface area contributed by atoms with Gasteiger partial charge in [0.25, 0.3) is 0 Å². The van der Waals surface area contributed by atoms with Crippen LogP contribution in [0, 0.1) is 5.92 Å². The zero-order valence-corrected chi connectivity index (χ0v) is 12.2. The molecule has 0 spiro atoms. The number of likely N-dealkylation sites (tertiary alicyclic amines) is 1. The summed E-state index contributed by atoms with van der Waals surface area (Å²) in [6, 6.07) is 0. The van der Waals surface area contributed by atoms with Gasteiger partial charge in [0.15, 0.2) is 5.82 Å². The number of aromatic nitrogens is 2. The van der Waals surface area contributed by atoms with Gasteiger partial charge in [0.05, 0.1) is 6.54 Å². The summed E-state index contributed by atoms with van der Waals surface area (Å²) in [7, 11) is 0. The topological polar surface area (TPSA) is 79.5 Å². The number of carboxylic acid groups (broad SMARTS) is 1. The van der Waals surface area contributed by atoms with E-state index in [0.29, 0.717) is 11.8 Å². The van der Waals surface area contributed by atoms with Crippen LogP contribution in [0.15, 0.2) is 4.52 Å². The monoisotopic (exact) mass is 281 g/mol. The Labute approximate surface area is 119 Å². The molecule has 6 heteroatoms. The first-order valence-corrected chi connectivity index (χ1v) is 7.31. The summed E-state index contributed by atoms with van der Waals surface area (Å²) in [5, 5.41) is 12.7. The Morgan fingerprint density at radius 3 is 2.70 bits per heavy atom. The highest BCUT2D eigenvalue weighted by Gasteiger charge is 2.21. The Morgan fingerprint density at radius 2 is 2.15 bits per heavy atom. The molecule has 1 fully saturated rings. The smallest absolute Gasteiger partial charge is 0.303 e. The van der Waals surface area contributed by atoms with Gasteiger partial charge in [-0.05, 0) is 38.3 Å². The molecule has 20 heavy (non-hydrogen) atoms. The fraction of sp³-hybridized carbons (Fsp3) is 0.786. The maximum atomic E-state index is 10.6. The molecule has 0 saturated carbocycles. The van der Waals surface area contributed by atoms with E-state index in [-0.39, 0.29) is 12.3 Å². The van der Waals surface area contributed by atoms with Gasteiger partial charge < -0.3 is 9.63 Å². The summed E-state index contributed by atoms with van der Waals surface area (Å²) in [6.45, 7) is 6.75. The largest absolute Gasteiger partial charge is 0.481 e. The highest BCUT2D eigenvalue weighted by atomic mass is 16.5. The fourth-order valence-corrected chi connectivity index (χ4v) is 2.53. The van der Waals surface area contributed by atoms with Crippen molar-refractivity contribution in [2.24, 2.45) is 5.92 Å². The first kappa shape index (κ1) is 15.0. The van der Waals surface area contributed by atoms with E-state index in [9.17, 15) is 4.79 Å². The van der Waals surface area contributed by atoms with Gasteiger partial charge in [-0.15, -0.1) is 0 Å². The van der Waals surface area contributed by atoms with Gasteiger partial charge in [0, 0.05) is 12.3 Å². The molecule has 0 unspecified atom stereocenters. The van der Waals surface area contributed by atoms with Crippen LogP contribution in [0.2, 0.25) is 0 Å². The van der Waals surface area contributed by atoms with Gasteiger partial charge in [-0.3, -0.25) is 9.69 Å². The van der Waals surface area contributed by atoms with Crippen molar-refractivity contribution in [2.45, 2.75) is 52.0 Å². The quantitative estimate of drug-likeness (QED) is 0.861. The summed E-state index contributed by atoms with van der Waals surface area (Å²) >= 11 is 0. The predicted octanol–water partition coefficient (Wildman–Crippen LogP) is 2.27. The third-order valence-electron chi connectivity index (χ3n) is 3.82. The first-order valence-electron chi connectivity index (χ1n) is 7.31. The maximum absolute atomic E-state index is 10.6. The minimum absolute atomic E-state index is 0.262. The van der Waals surface area contributed by atoms with E-state index in [1.165, 1.54) is 0 Å².